The van der Waals surface area contributed by atoms with E-state index in [1.807, 2.05) is 46.7 Å². The molecule has 49 heavy (non-hydrogen) atoms. The Kier molecular flexibility index (Phi) is 13.6. The van der Waals surface area contributed by atoms with E-state index in [0.29, 0.717) is 44.8 Å². The molecule has 13 atom stereocenters. The number of ether oxygens (including phenoxy) is 5. The molecule has 0 aromatic heterocycles. The lowest BCUT2D eigenvalue weighted by molar-refractivity contribution is -0.297. The number of aliphatic hydroxyl groups is 1. The Hall–Kier alpha value is -1.87. The molecule has 4 N–H and O–H groups in total. The van der Waals surface area contributed by atoms with Crippen molar-refractivity contribution in [1.29, 1.82) is 0 Å². The van der Waals surface area contributed by atoms with Gasteiger partial charge in [-0.05, 0) is 85.9 Å². The molecule has 4 fully saturated rings. The minimum absolute atomic E-state index is 0.0309. The highest BCUT2D eigenvalue weighted by molar-refractivity contribution is 6.00. The van der Waals surface area contributed by atoms with E-state index < -0.39 is 65.7 Å². The third kappa shape index (κ3) is 8.61. The Morgan fingerprint density at radius 1 is 1.10 bits per heavy atom. The van der Waals surface area contributed by atoms with Gasteiger partial charge in [-0.1, -0.05) is 34.1 Å². The van der Waals surface area contributed by atoms with Gasteiger partial charge in [-0.25, -0.2) is 4.79 Å². The summed E-state index contributed by atoms with van der Waals surface area (Å²) in [6.45, 7) is 14.3. The summed E-state index contributed by atoms with van der Waals surface area (Å²) in [6.07, 6.45) is 0.993. The van der Waals surface area contributed by atoms with Gasteiger partial charge in [0.15, 0.2) is 17.7 Å². The first-order valence-electron chi connectivity index (χ1n) is 18.5. The fourth-order valence-electron chi connectivity index (χ4n) is 8.39. The fourth-order valence-corrected chi connectivity index (χ4v) is 8.39. The van der Waals surface area contributed by atoms with Crippen LogP contribution in [0.2, 0.25) is 0 Å². The van der Waals surface area contributed by atoms with Gasteiger partial charge < -0.3 is 49.6 Å². The van der Waals surface area contributed by atoms with E-state index >= 15 is 0 Å². The van der Waals surface area contributed by atoms with Crippen LogP contribution in [-0.4, -0.2) is 128 Å². The van der Waals surface area contributed by atoms with Crippen LogP contribution in [0.3, 0.4) is 0 Å². The lowest BCUT2D eigenvalue weighted by Gasteiger charge is -2.47. The van der Waals surface area contributed by atoms with Gasteiger partial charge >= 0.3 is 12.1 Å². The van der Waals surface area contributed by atoms with E-state index in [-0.39, 0.29) is 29.9 Å². The van der Waals surface area contributed by atoms with Crippen molar-refractivity contribution >= 4 is 17.8 Å². The predicted molar refractivity (Wildman–Crippen MR) is 184 cm³/mol. The highest BCUT2D eigenvalue weighted by Crippen LogP contribution is 2.39. The SMILES string of the molecule is CC[C@H]1OC(=O)C(C)C(=O)[C@H](C)[C@@H](OC2OC(CNC3CCC3)CC(N(C)C)C2O)[C@](C)(OC)C[C@@H](C)CN[C@H](C)[C@H]2NC(=O)O[C@@]21CC. The third-order valence-electron chi connectivity index (χ3n) is 11.8. The molecule has 1 saturated carbocycles. The van der Waals surface area contributed by atoms with Crippen LogP contribution in [-0.2, 0) is 33.3 Å². The largest absolute Gasteiger partial charge is 0.457 e. The molecule has 13 heteroatoms. The van der Waals surface area contributed by atoms with Crippen LogP contribution in [0.4, 0.5) is 4.79 Å². The molecule has 3 saturated heterocycles. The van der Waals surface area contributed by atoms with Crippen LogP contribution < -0.4 is 16.0 Å². The highest BCUT2D eigenvalue weighted by atomic mass is 16.7. The third-order valence-corrected chi connectivity index (χ3v) is 11.8. The maximum Gasteiger partial charge on any atom is 0.408 e. The summed E-state index contributed by atoms with van der Waals surface area (Å²) in [5.41, 5.74) is -2.12. The van der Waals surface area contributed by atoms with Crippen molar-refractivity contribution in [3.8, 4) is 0 Å². The highest BCUT2D eigenvalue weighted by Gasteiger charge is 2.57. The van der Waals surface area contributed by atoms with Gasteiger partial charge in [0.25, 0.3) is 0 Å². The van der Waals surface area contributed by atoms with Crippen molar-refractivity contribution < 1.29 is 43.2 Å². The van der Waals surface area contributed by atoms with Crippen LogP contribution in [0.5, 0.6) is 0 Å². The van der Waals surface area contributed by atoms with Gasteiger partial charge in [-0.15, -0.1) is 0 Å². The number of amides is 1. The van der Waals surface area contributed by atoms with Crippen LogP contribution in [0.1, 0.15) is 93.4 Å². The summed E-state index contributed by atoms with van der Waals surface area (Å²) >= 11 is 0. The first kappa shape index (κ1) is 39.9. The van der Waals surface area contributed by atoms with Crippen LogP contribution in [0.15, 0.2) is 0 Å². The molecule has 3 heterocycles. The number of aliphatic hydroxyl groups excluding tert-OH is 1. The number of methoxy groups -OCH3 is 1. The Morgan fingerprint density at radius 2 is 1.80 bits per heavy atom. The van der Waals surface area contributed by atoms with Crippen molar-refractivity contribution in [2.24, 2.45) is 17.8 Å². The Labute approximate surface area is 293 Å². The van der Waals surface area contributed by atoms with E-state index in [9.17, 15) is 19.5 Å². The van der Waals surface area contributed by atoms with E-state index in [1.54, 1.807) is 21.0 Å². The van der Waals surface area contributed by atoms with E-state index in [2.05, 4.69) is 22.9 Å². The van der Waals surface area contributed by atoms with Crippen molar-refractivity contribution in [2.75, 3.05) is 34.3 Å². The minimum atomic E-state index is -1.14. The van der Waals surface area contributed by atoms with Gasteiger partial charge in [0, 0.05) is 37.7 Å². The lowest BCUT2D eigenvalue weighted by Crippen LogP contribution is -2.61. The number of cyclic esters (lactones) is 1. The second-order valence-electron chi connectivity index (χ2n) is 15.6. The topological polar surface area (TPSA) is 157 Å². The van der Waals surface area contributed by atoms with Gasteiger partial charge in [0.05, 0.1) is 23.9 Å². The monoisotopic (exact) mass is 696 g/mol. The molecule has 5 unspecified atom stereocenters. The standard InChI is InChI=1S/C36H64N4O9/c1-11-27-36(12-2)30(39-34(44)49-36)23(6)37-18-20(3)17-35(7,45-10)31(21(4)28(41)22(5)32(43)47-27)48-33-29(42)26(40(8)9)16-25(46-33)19-38-24-14-13-15-24/h20-27,29-31,33,37-38,42H,11-19H2,1-10H3,(H,39,44)/t20-,21+,22?,23-,25?,26?,27-,29?,30-,31-,33?,35-,36-/m1/s1. The number of alkyl carbamates (subject to hydrolysis) is 1. The second kappa shape index (κ2) is 16.6. The first-order valence-corrected chi connectivity index (χ1v) is 18.5. The summed E-state index contributed by atoms with van der Waals surface area (Å²) in [5, 5.41) is 21.7. The maximum atomic E-state index is 14.3. The molecule has 282 valence electrons. The minimum Gasteiger partial charge on any atom is -0.457 e. The van der Waals surface area contributed by atoms with E-state index in [4.69, 9.17) is 23.7 Å². The van der Waals surface area contributed by atoms with Gasteiger partial charge in [0.1, 0.15) is 18.1 Å². The smallest absolute Gasteiger partial charge is 0.408 e. The Balaban J connectivity index is 1.67. The van der Waals surface area contributed by atoms with Crippen molar-refractivity contribution in [1.82, 2.24) is 20.9 Å². The number of nitrogens with zero attached hydrogens (tertiary/aromatic N) is 1. The average molecular weight is 697 g/mol. The van der Waals surface area contributed by atoms with E-state index in [1.165, 1.54) is 6.42 Å². The molecule has 0 aromatic rings. The molecule has 4 rings (SSSR count). The molecular formula is C36H64N4O9. The quantitative estimate of drug-likeness (QED) is 0.207. The number of ketones is 1. The summed E-state index contributed by atoms with van der Waals surface area (Å²) in [6, 6.07) is -0.459. The Bertz CT molecular complexity index is 1140. The van der Waals surface area contributed by atoms with Gasteiger partial charge in [0.2, 0.25) is 0 Å². The zero-order valence-corrected chi connectivity index (χ0v) is 31.5. The predicted octanol–water partition coefficient (Wildman–Crippen LogP) is 2.76. The summed E-state index contributed by atoms with van der Waals surface area (Å²) < 4.78 is 31.4. The number of likely N-dealkylation sites (N-methyl/N-ethyl adjacent to an activating group) is 1. The number of rotatable bonds is 9. The van der Waals surface area contributed by atoms with Gasteiger partial charge in [-0.3, -0.25) is 9.59 Å². The lowest BCUT2D eigenvalue weighted by atomic mass is 9.78. The first-order chi connectivity index (χ1) is 23.1. The van der Waals surface area contributed by atoms with Gasteiger partial charge in [-0.2, -0.15) is 0 Å². The number of hydrogen-bond acceptors (Lipinski definition) is 12. The number of hydrogen-bond donors (Lipinski definition) is 4. The number of carbonyl (C=O) groups excluding carboxylic acids is 3. The summed E-state index contributed by atoms with van der Waals surface area (Å²) in [5.74, 6) is -3.01. The van der Waals surface area contributed by atoms with Crippen LogP contribution >= 0.6 is 0 Å². The Morgan fingerprint density at radius 3 is 2.37 bits per heavy atom. The normalized spacial score (nSPS) is 43.1. The number of nitrogens with one attached hydrogen (secondary N) is 3. The molecule has 0 aromatic carbocycles. The average Bonchev–Trinajstić information content (AvgIpc) is 3.40. The molecular weight excluding hydrogens is 632 g/mol. The molecule has 0 radical (unpaired) electrons. The molecule has 1 aliphatic carbocycles. The summed E-state index contributed by atoms with van der Waals surface area (Å²) in [4.78, 5) is 42.7. The van der Waals surface area contributed by atoms with Crippen LogP contribution in [0.25, 0.3) is 0 Å². The molecule has 0 spiro atoms. The van der Waals surface area contributed by atoms with Crippen molar-refractivity contribution in [3.63, 3.8) is 0 Å². The van der Waals surface area contributed by atoms with Crippen molar-refractivity contribution in [3.05, 3.63) is 0 Å². The summed E-state index contributed by atoms with van der Waals surface area (Å²) in [7, 11) is 5.46. The molecule has 13 nitrogen and oxygen atoms in total. The van der Waals surface area contributed by atoms with Crippen molar-refractivity contribution in [2.45, 2.75) is 159 Å². The molecule has 0 bridgehead atoms. The molecule has 1 amide bonds. The maximum absolute atomic E-state index is 14.3. The zero-order chi connectivity index (χ0) is 36.3. The molecule has 3 aliphatic heterocycles. The number of Topliss-reactive ketones (excluding diaryl/α,β-unsaturated/α-hetero) is 1. The molecule has 4 aliphatic rings. The second-order valence-corrected chi connectivity index (χ2v) is 15.6. The fraction of sp³-hybridized carbons (Fsp3) is 0.917. The van der Waals surface area contributed by atoms with E-state index in [0.717, 1.165) is 12.8 Å². The number of fused-ring (bicyclic) bond motifs is 1. The number of esters is 1. The zero-order valence-electron chi connectivity index (χ0n) is 31.5. The van der Waals surface area contributed by atoms with Crippen LogP contribution in [0, 0.1) is 17.8 Å². The number of carbonyl (C=O) groups is 3.